The number of ether oxygens (including phenoxy) is 1. The number of hydrogen-bond donors (Lipinski definition) is 3. The highest BCUT2D eigenvalue weighted by Crippen LogP contribution is 2.25. The number of carboxylic acids is 3. The van der Waals surface area contributed by atoms with Crippen LogP contribution in [0.25, 0.3) is 0 Å². The Kier molecular flexibility index (Phi) is 7.08. The van der Waals surface area contributed by atoms with Gasteiger partial charge in [-0.25, -0.2) is 4.79 Å². The summed E-state index contributed by atoms with van der Waals surface area (Å²) in [4.78, 5) is 34.8. The minimum Gasteiger partial charge on any atom is -0.481 e. The molecular formula is C12H19NO10S. The quantitative estimate of drug-likeness (QED) is 0.381. The number of morpholine rings is 1. The van der Waals surface area contributed by atoms with Gasteiger partial charge in [-0.2, -0.15) is 8.42 Å². The highest BCUT2D eigenvalue weighted by molar-refractivity contribution is 7.86. The molecule has 138 valence electrons. The van der Waals surface area contributed by atoms with Crippen LogP contribution in [0.2, 0.25) is 0 Å². The summed E-state index contributed by atoms with van der Waals surface area (Å²) in [6.45, 7) is 1.87. The van der Waals surface area contributed by atoms with Gasteiger partial charge >= 0.3 is 17.9 Å². The predicted molar refractivity (Wildman–Crippen MR) is 77.0 cm³/mol. The molecule has 1 heterocycles. The van der Waals surface area contributed by atoms with Gasteiger partial charge in [-0.05, 0) is 0 Å². The summed E-state index contributed by atoms with van der Waals surface area (Å²) >= 11 is 0. The van der Waals surface area contributed by atoms with Gasteiger partial charge in [0.1, 0.15) is 0 Å². The molecule has 12 heteroatoms. The maximum atomic E-state index is 12.0. The van der Waals surface area contributed by atoms with Crippen LogP contribution in [0.5, 0.6) is 0 Å². The average molecular weight is 369 g/mol. The molecule has 0 aromatic heterocycles. The Labute approximate surface area is 137 Å². The van der Waals surface area contributed by atoms with Gasteiger partial charge in [0, 0.05) is 19.6 Å². The lowest BCUT2D eigenvalue weighted by Gasteiger charge is -2.28. The highest BCUT2D eigenvalue weighted by Gasteiger charge is 2.48. The topological polar surface area (TPSA) is 168 Å². The molecule has 0 unspecified atom stereocenters. The zero-order valence-corrected chi connectivity index (χ0v) is 13.5. The van der Waals surface area contributed by atoms with E-state index in [4.69, 9.17) is 20.1 Å². The van der Waals surface area contributed by atoms with E-state index >= 15 is 0 Å². The van der Waals surface area contributed by atoms with Crippen LogP contribution in [0.15, 0.2) is 0 Å². The van der Waals surface area contributed by atoms with E-state index in [1.54, 1.807) is 4.90 Å². The second-order valence-electron chi connectivity index (χ2n) is 5.24. The molecule has 0 spiro atoms. The monoisotopic (exact) mass is 369 g/mol. The summed E-state index contributed by atoms with van der Waals surface area (Å²) in [6, 6.07) is 0. The molecule has 0 aromatic carbocycles. The fourth-order valence-electron chi connectivity index (χ4n) is 2.15. The summed E-state index contributed by atoms with van der Waals surface area (Å²) in [6.07, 6.45) is -2.60. The van der Waals surface area contributed by atoms with Crippen LogP contribution in [0.1, 0.15) is 12.8 Å². The summed E-state index contributed by atoms with van der Waals surface area (Å²) in [7, 11) is -4.46. The normalized spacial score (nSPS) is 16.7. The van der Waals surface area contributed by atoms with Crippen molar-refractivity contribution >= 4 is 28.0 Å². The second kappa shape index (κ2) is 8.37. The van der Waals surface area contributed by atoms with Gasteiger partial charge in [-0.1, -0.05) is 0 Å². The fourth-order valence-corrected chi connectivity index (χ4v) is 3.39. The molecule has 0 aliphatic carbocycles. The van der Waals surface area contributed by atoms with Crippen LogP contribution >= 0.6 is 0 Å². The SMILES string of the molecule is O=C(O)CC(CC(=O)O)(OS(=O)(=O)CCN1CCOCC1)C(=O)O. The molecule has 1 saturated heterocycles. The number of hydrogen-bond acceptors (Lipinski definition) is 8. The zero-order chi connectivity index (χ0) is 18.4. The maximum absolute atomic E-state index is 12.0. The smallest absolute Gasteiger partial charge is 0.338 e. The molecule has 1 aliphatic heterocycles. The van der Waals surface area contributed by atoms with Gasteiger partial charge in [0.15, 0.2) is 0 Å². The molecular weight excluding hydrogens is 350 g/mol. The molecule has 0 saturated carbocycles. The van der Waals surface area contributed by atoms with Gasteiger partial charge in [-0.3, -0.25) is 18.7 Å². The fraction of sp³-hybridized carbons (Fsp3) is 0.750. The molecule has 1 fully saturated rings. The number of rotatable bonds is 10. The second-order valence-corrected chi connectivity index (χ2v) is 6.93. The lowest BCUT2D eigenvalue weighted by Crippen LogP contribution is -2.48. The van der Waals surface area contributed by atoms with Crippen LogP contribution < -0.4 is 0 Å². The van der Waals surface area contributed by atoms with Crippen molar-refractivity contribution in [3.05, 3.63) is 0 Å². The molecule has 1 aliphatic rings. The highest BCUT2D eigenvalue weighted by atomic mass is 32.2. The largest absolute Gasteiger partial charge is 0.481 e. The van der Waals surface area contributed by atoms with E-state index in [1.807, 2.05) is 0 Å². The molecule has 0 aromatic rings. The van der Waals surface area contributed by atoms with E-state index < -0.39 is 52.2 Å². The lowest BCUT2D eigenvalue weighted by molar-refractivity contribution is -0.166. The van der Waals surface area contributed by atoms with E-state index in [1.165, 1.54) is 0 Å². The standard InChI is InChI=1S/C12H19NO10S/c14-9(15)7-12(11(18)19,8-10(16)17)23-24(20,21)6-3-13-1-4-22-5-2-13/h1-8H2,(H,14,15)(H,16,17)(H,18,19). The third kappa shape index (κ3) is 6.39. The van der Waals surface area contributed by atoms with Crippen LogP contribution in [0.4, 0.5) is 0 Å². The maximum Gasteiger partial charge on any atom is 0.338 e. The van der Waals surface area contributed by atoms with Crippen molar-refractivity contribution in [3.63, 3.8) is 0 Å². The third-order valence-corrected chi connectivity index (χ3v) is 4.57. The first kappa shape index (κ1) is 20.3. The van der Waals surface area contributed by atoms with Crippen molar-refractivity contribution in [1.29, 1.82) is 0 Å². The van der Waals surface area contributed by atoms with E-state index in [2.05, 4.69) is 4.18 Å². The molecule has 1 rings (SSSR count). The van der Waals surface area contributed by atoms with Gasteiger partial charge in [0.05, 0.1) is 31.8 Å². The van der Waals surface area contributed by atoms with Crippen molar-refractivity contribution in [2.45, 2.75) is 18.4 Å². The van der Waals surface area contributed by atoms with Gasteiger partial charge in [-0.15, -0.1) is 0 Å². The van der Waals surface area contributed by atoms with Gasteiger partial charge < -0.3 is 20.1 Å². The third-order valence-electron chi connectivity index (χ3n) is 3.31. The summed E-state index contributed by atoms with van der Waals surface area (Å²) in [5.41, 5.74) is -2.89. The first-order valence-electron chi connectivity index (χ1n) is 6.97. The first-order chi connectivity index (χ1) is 11.1. The summed E-state index contributed by atoms with van der Waals surface area (Å²) in [5.74, 6) is -5.95. The van der Waals surface area contributed by atoms with Crippen molar-refractivity contribution in [1.82, 2.24) is 4.90 Å². The van der Waals surface area contributed by atoms with Gasteiger partial charge in [0.25, 0.3) is 10.1 Å². The van der Waals surface area contributed by atoms with Crippen LogP contribution in [0.3, 0.4) is 0 Å². The van der Waals surface area contributed by atoms with Crippen molar-refractivity contribution in [2.24, 2.45) is 0 Å². The molecule has 3 N–H and O–H groups in total. The Hall–Kier alpha value is -1.76. The predicted octanol–water partition coefficient (Wildman–Crippen LogP) is -1.56. The Morgan fingerprint density at radius 1 is 1.04 bits per heavy atom. The number of carboxylic acid groups (broad SMARTS) is 3. The van der Waals surface area contributed by atoms with Crippen LogP contribution in [-0.2, 0) is 33.4 Å². The van der Waals surface area contributed by atoms with Crippen molar-refractivity contribution < 1.29 is 47.0 Å². The molecule has 0 bridgehead atoms. The van der Waals surface area contributed by atoms with E-state index in [0.717, 1.165) is 0 Å². The summed E-state index contributed by atoms with van der Waals surface area (Å²) in [5, 5.41) is 26.7. The van der Waals surface area contributed by atoms with Crippen LogP contribution in [-0.4, -0.2) is 90.7 Å². The Morgan fingerprint density at radius 3 is 1.96 bits per heavy atom. The van der Waals surface area contributed by atoms with Crippen molar-refractivity contribution in [3.8, 4) is 0 Å². The van der Waals surface area contributed by atoms with E-state index in [9.17, 15) is 22.8 Å². The van der Waals surface area contributed by atoms with Crippen LogP contribution in [0, 0.1) is 0 Å². The molecule has 0 amide bonds. The minimum atomic E-state index is -4.46. The molecule has 11 nitrogen and oxygen atoms in total. The Bertz CT molecular complexity index is 565. The lowest BCUT2D eigenvalue weighted by atomic mass is 9.96. The number of nitrogens with zero attached hydrogens (tertiary/aromatic N) is 1. The first-order valence-corrected chi connectivity index (χ1v) is 8.54. The summed E-state index contributed by atoms with van der Waals surface area (Å²) < 4.78 is 33.7. The van der Waals surface area contributed by atoms with E-state index in [0.29, 0.717) is 26.3 Å². The zero-order valence-electron chi connectivity index (χ0n) is 12.7. The number of aliphatic carboxylic acids is 3. The molecule has 24 heavy (non-hydrogen) atoms. The Balaban J connectivity index is 2.86. The van der Waals surface area contributed by atoms with Crippen molar-refractivity contribution in [2.75, 3.05) is 38.6 Å². The Morgan fingerprint density at radius 2 is 1.54 bits per heavy atom. The minimum absolute atomic E-state index is 0.0293. The van der Waals surface area contributed by atoms with E-state index in [-0.39, 0.29) is 6.54 Å². The molecule has 0 radical (unpaired) electrons. The molecule has 0 atom stereocenters. The van der Waals surface area contributed by atoms with Gasteiger partial charge in [0.2, 0.25) is 5.60 Å². The average Bonchev–Trinajstić information content (AvgIpc) is 2.44. The number of carbonyl (C=O) groups is 3.